The summed E-state index contributed by atoms with van der Waals surface area (Å²) in [6.45, 7) is 4.10. The molecule has 0 aliphatic carbocycles. The molecule has 1 atom stereocenters. The SMILES string of the molecule is Cc1cccc(OCc2nnc(SC(C)C(=O)Nc3ccc4c(c3)OCO4)o2)c1. The Morgan fingerprint density at radius 3 is 2.93 bits per heavy atom. The van der Waals surface area contributed by atoms with Gasteiger partial charge in [0.1, 0.15) is 5.75 Å². The lowest BCUT2D eigenvalue weighted by Crippen LogP contribution is -2.22. The molecule has 2 aromatic carbocycles. The third-order valence-electron chi connectivity index (χ3n) is 4.09. The van der Waals surface area contributed by atoms with Crippen molar-refractivity contribution in [3.63, 3.8) is 0 Å². The fourth-order valence-corrected chi connectivity index (χ4v) is 3.32. The minimum Gasteiger partial charge on any atom is -0.484 e. The molecule has 0 radical (unpaired) electrons. The van der Waals surface area contributed by atoms with Gasteiger partial charge in [0.05, 0.1) is 5.25 Å². The molecular formula is C20H19N3O5S. The van der Waals surface area contributed by atoms with Gasteiger partial charge in [0.2, 0.25) is 12.7 Å². The highest BCUT2D eigenvalue weighted by Gasteiger charge is 2.20. The van der Waals surface area contributed by atoms with E-state index >= 15 is 0 Å². The second kappa shape index (κ2) is 8.44. The molecule has 9 heteroatoms. The number of nitrogens with zero attached hydrogens (tertiary/aromatic N) is 2. The fraction of sp³-hybridized carbons (Fsp3) is 0.250. The minimum absolute atomic E-state index is 0.161. The zero-order valence-electron chi connectivity index (χ0n) is 15.9. The van der Waals surface area contributed by atoms with Gasteiger partial charge in [-0.3, -0.25) is 4.79 Å². The number of carbonyl (C=O) groups excluding carboxylic acids is 1. The predicted octanol–water partition coefficient (Wildman–Crippen LogP) is 3.81. The summed E-state index contributed by atoms with van der Waals surface area (Å²) >= 11 is 1.18. The Morgan fingerprint density at radius 2 is 2.07 bits per heavy atom. The molecule has 1 unspecified atom stereocenters. The number of rotatable bonds is 7. The molecule has 1 amide bonds. The minimum atomic E-state index is -0.439. The van der Waals surface area contributed by atoms with Crippen LogP contribution in [0.5, 0.6) is 17.2 Å². The topological polar surface area (TPSA) is 95.7 Å². The van der Waals surface area contributed by atoms with E-state index in [0.717, 1.165) is 11.3 Å². The highest BCUT2D eigenvalue weighted by molar-refractivity contribution is 8.00. The van der Waals surface area contributed by atoms with Gasteiger partial charge in [-0.05, 0) is 43.7 Å². The van der Waals surface area contributed by atoms with E-state index in [1.54, 1.807) is 25.1 Å². The maximum atomic E-state index is 12.4. The molecule has 1 aliphatic heterocycles. The van der Waals surface area contributed by atoms with E-state index < -0.39 is 5.25 Å². The molecule has 4 rings (SSSR count). The second-order valence-electron chi connectivity index (χ2n) is 6.38. The highest BCUT2D eigenvalue weighted by Crippen LogP contribution is 2.34. The van der Waals surface area contributed by atoms with Crippen LogP contribution >= 0.6 is 11.8 Å². The van der Waals surface area contributed by atoms with E-state index in [1.807, 2.05) is 31.2 Å². The monoisotopic (exact) mass is 413 g/mol. The van der Waals surface area contributed by atoms with Crippen LogP contribution < -0.4 is 19.5 Å². The molecule has 0 bridgehead atoms. The van der Waals surface area contributed by atoms with Gasteiger partial charge >= 0.3 is 0 Å². The van der Waals surface area contributed by atoms with E-state index in [-0.39, 0.29) is 19.3 Å². The van der Waals surface area contributed by atoms with Gasteiger partial charge in [-0.15, -0.1) is 10.2 Å². The van der Waals surface area contributed by atoms with Crippen molar-refractivity contribution in [2.75, 3.05) is 12.1 Å². The Kier molecular flexibility index (Phi) is 5.57. The van der Waals surface area contributed by atoms with Crippen molar-refractivity contribution in [1.29, 1.82) is 0 Å². The van der Waals surface area contributed by atoms with Crippen LogP contribution in [0, 0.1) is 6.92 Å². The summed E-state index contributed by atoms with van der Waals surface area (Å²) in [5.41, 5.74) is 1.73. The van der Waals surface area contributed by atoms with Gasteiger partial charge in [0.15, 0.2) is 18.1 Å². The summed E-state index contributed by atoms with van der Waals surface area (Å²) < 4.78 is 21.8. The lowest BCUT2D eigenvalue weighted by molar-refractivity contribution is -0.115. The largest absolute Gasteiger partial charge is 0.484 e. The first kappa shape index (κ1) is 19.1. The van der Waals surface area contributed by atoms with Crippen LogP contribution in [-0.2, 0) is 11.4 Å². The average Bonchev–Trinajstić information content (AvgIpc) is 3.35. The van der Waals surface area contributed by atoms with Crippen LogP contribution in [0.3, 0.4) is 0 Å². The standard InChI is InChI=1S/C20H19N3O5S/c1-12-4-3-5-15(8-12)25-10-18-22-23-20(28-18)29-13(2)19(24)21-14-6-7-16-17(9-14)27-11-26-16/h3-9,13H,10-11H2,1-2H3,(H,21,24). The lowest BCUT2D eigenvalue weighted by Gasteiger charge is -2.10. The second-order valence-corrected chi connectivity index (χ2v) is 7.68. The molecule has 3 aromatic rings. The maximum absolute atomic E-state index is 12.4. The summed E-state index contributed by atoms with van der Waals surface area (Å²) in [6.07, 6.45) is 0. The Balaban J connectivity index is 1.30. The molecule has 0 spiro atoms. The maximum Gasteiger partial charge on any atom is 0.277 e. The van der Waals surface area contributed by atoms with Crippen molar-refractivity contribution < 1.29 is 23.4 Å². The van der Waals surface area contributed by atoms with Gasteiger partial charge in [-0.1, -0.05) is 23.9 Å². The summed E-state index contributed by atoms with van der Waals surface area (Å²) in [6, 6.07) is 12.9. The van der Waals surface area contributed by atoms with Crippen LogP contribution in [0.1, 0.15) is 18.4 Å². The number of thioether (sulfide) groups is 1. The Bertz CT molecular complexity index is 1020. The lowest BCUT2D eigenvalue weighted by atomic mass is 10.2. The fourth-order valence-electron chi connectivity index (χ4n) is 2.62. The number of nitrogens with one attached hydrogen (secondary N) is 1. The molecule has 0 saturated heterocycles. The van der Waals surface area contributed by atoms with E-state index in [9.17, 15) is 4.79 Å². The van der Waals surface area contributed by atoms with Gasteiger partial charge in [-0.25, -0.2) is 0 Å². The van der Waals surface area contributed by atoms with E-state index in [4.69, 9.17) is 18.6 Å². The number of anilines is 1. The number of hydrogen-bond acceptors (Lipinski definition) is 8. The van der Waals surface area contributed by atoms with Gasteiger partial charge in [0.25, 0.3) is 11.1 Å². The molecule has 150 valence electrons. The normalized spacial score (nSPS) is 13.2. The van der Waals surface area contributed by atoms with Gasteiger partial charge < -0.3 is 23.9 Å². The third-order valence-corrected chi connectivity index (χ3v) is 5.02. The van der Waals surface area contributed by atoms with Crippen molar-refractivity contribution >= 4 is 23.4 Å². The van der Waals surface area contributed by atoms with Crippen molar-refractivity contribution in [1.82, 2.24) is 10.2 Å². The van der Waals surface area contributed by atoms with Crippen molar-refractivity contribution in [3.05, 3.63) is 53.9 Å². The summed E-state index contributed by atoms with van der Waals surface area (Å²) in [4.78, 5) is 12.4. The molecule has 1 aromatic heterocycles. The zero-order valence-corrected chi connectivity index (χ0v) is 16.7. The number of hydrogen-bond donors (Lipinski definition) is 1. The van der Waals surface area contributed by atoms with Crippen molar-refractivity contribution in [2.45, 2.75) is 30.9 Å². The number of fused-ring (bicyclic) bond motifs is 1. The molecule has 8 nitrogen and oxygen atoms in total. The van der Waals surface area contributed by atoms with E-state index in [0.29, 0.717) is 28.3 Å². The smallest absolute Gasteiger partial charge is 0.277 e. The average molecular weight is 413 g/mol. The first-order chi connectivity index (χ1) is 14.1. The van der Waals surface area contributed by atoms with Crippen LogP contribution in [0.4, 0.5) is 5.69 Å². The number of carbonyl (C=O) groups is 1. The Labute approximate surface area is 171 Å². The van der Waals surface area contributed by atoms with Crippen LogP contribution in [0.2, 0.25) is 0 Å². The molecular weight excluding hydrogens is 394 g/mol. The molecule has 0 fully saturated rings. The van der Waals surface area contributed by atoms with E-state index in [1.165, 1.54) is 11.8 Å². The first-order valence-electron chi connectivity index (χ1n) is 8.96. The number of ether oxygens (including phenoxy) is 3. The van der Waals surface area contributed by atoms with Crippen LogP contribution in [-0.4, -0.2) is 28.1 Å². The summed E-state index contributed by atoms with van der Waals surface area (Å²) in [5, 5.41) is 10.6. The Hall–Kier alpha value is -3.20. The number of aromatic nitrogens is 2. The molecule has 1 N–H and O–H groups in total. The predicted molar refractivity (Wildman–Crippen MR) is 106 cm³/mol. The first-order valence-corrected chi connectivity index (χ1v) is 9.84. The van der Waals surface area contributed by atoms with Crippen molar-refractivity contribution in [2.24, 2.45) is 0 Å². The Morgan fingerprint density at radius 1 is 1.21 bits per heavy atom. The molecule has 0 saturated carbocycles. The van der Waals surface area contributed by atoms with Gasteiger partial charge in [0, 0.05) is 11.8 Å². The van der Waals surface area contributed by atoms with Crippen LogP contribution in [0.25, 0.3) is 0 Å². The molecule has 1 aliphatic rings. The summed E-state index contributed by atoms with van der Waals surface area (Å²) in [7, 11) is 0. The van der Waals surface area contributed by atoms with Gasteiger partial charge in [-0.2, -0.15) is 0 Å². The highest BCUT2D eigenvalue weighted by atomic mass is 32.2. The number of amides is 1. The van der Waals surface area contributed by atoms with E-state index in [2.05, 4.69) is 15.5 Å². The number of aryl methyl sites for hydroxylation is 1. The molecule has 2 heterocycles. The van der Waals surface area contributed by atoms with Crippen molar-refractivity contribution in [3.8, 4) is 17.2 Å². The molecule has 29 heavy (non-hydrogen) atoms. The third kappa shape index (κ3) is 4.80. The quantitative estimate of drug-likeness (QED) is 0.584. The summed E-state index contributed by atoms with van der Waals surface area (Å²) in [5.74, 6) is 2.16. The number of benzene rings is 2. The zero-order chi connectivity index (χ0) is 20.2. The van der Waals surface area contributed by atoms with Crippen LogP contribution in [0.15, 0.2) is 52.1 Å².